The van der Waals surface area contributed by atoms with Gasteiger partial charge < -0.3 is 25.5 Å². The van der Waals surface area contributed by atoms with Crippen molar-refractivity contribution in [1.82, 2.24) is 20.4 Å². The second kappa shape index (κ2) is 11.5. The van der Waals surface area contributed by atoms with E-state index in [9.17, 15) is 24.3 Å². The molecular weight excluding hydrogens is 492 g/mol. The molecule has 0 spiro atoms. The van der Waals surface area contributed by atoms with Crippen LogP contribution in [0, 0.1) is 11.3 Å². The Bertz CT molecular complexity index is 1120. The van der Waals surface area contributed by atoms with Crippen LogP contribution in [0.5, 0.6) is 0 Å². The molecule has 0 aliphatic carbocycles. The Morgan fingerprint density at radius 1 is 1.08 bits per heavy atom. The van der Waals surface area contributed by atoms with E-state index >= 15 is 0 Å². The minimum atomic E-state index is -1.25. The molecule has 0 bridgehead atoms. The second-order valence-electron chi connectivity index (χ2n) is 11.2. The molecule has 1 saturated heterocycles. The molecule has 2 heterocycles. The Labute approximate surface area is 222 Å². The number of piperazine rings is 1. The molecule has 2 aromatic rings. The van der Waals surface area contributed by atoms with Crippen molar-refractivity contribution in [1.29, 1.82) is 0 Å². The van der Waals surface area contributed by atoms with Crippen molar-refractivity contribution in [3.8, 4) is 0 Å². The number of carboxylic acid groups (broad SMARTS) is 1. The predicted molar refractivity (Wildman–Crippen MR) is 145 cm³/mol. The lowest BCUT2D eigenvalue weighted by atomic mass is 9.85. The van der Waals surface area contributed by atoms with E-state index in [1.54, 1.807) is 9.80 Å². The molecule has 3 atom stereocenters. The molecule has 202 valence electrons. The van der Waals surface area contributed by atoms with E-state index in [-0.39, 0.29) is 36.2 Å². The molecule has 1 fully saturated rings. The number of nitrogens with one attached hydrogen (secondary N) is 2. The van der Waals surface area contributed by atoms with E-state index in [0.717, 1.165) is 10.1 Å². The van der Waals surface area contributed by atoms with Gasteiger partial charge >= 0.3 is 6.09 Å². The molecular formula is C27H38N4O5S. The Hall–Kier alpha value is -3.14. The summed E-state index contributed by atoms with van der Waals surface area (Å²) < 4.78 is 1.01. The highest BCUT2D eigenvalue weighted by molar-refractivity contribution is 7.20. The first-order chi connectivity index (χ1) is 17.3. The van der Waals surface area contributed by atoms with Crippen LogP contribution >= 0.6 is 11.3 Å². The second-order valence-corrected chi connectivity index (χ2v) is 12.3. The summed E-state index contributed by atoms with van der Waals surface area (Å²) in [6, 6.07) is 7.76. The molecule has 3 rings (SSSR count). The monoisotopic (exact) mass is 530 g/mol. The Morgan fingerprint density at radius 2 is 1.76 bits per heavy atom. The van der Waals surface area contributed by atoms with E-state index in [1.165, 1.54) is 11.3 Å². The number of hydrogen-bond acceptors (Lipinski definition) is 5. The highest BCUT2D eigenvalue weighted by atomic mass is 32.1. The van der Waals surface area contributed by atoms with Crippen LogP contribution in [-0.4, -0.2) is 76.5 Å². The van der Waals surface area contributed by atoms with Crippen molar-refractivity contribution in [2.75, 3.05) is 19.6 Å². The average Bonchev–Trinajstić information content (AvgIpc) is 3.24. The number of benzene rings is 1. The van der Waals surface area contributed by atoms with Crippen molar-refractivity contribution in [2.24, 2.45) is 11.3 Å². The van der Waals surface area contributed by atoms with Crippen LogP contribution in [0.15, 0.2) is 30.3 Å². The number of hydrogen-bond donors (Lipinski definition) is 3. The largest absolute Gasteiger partial charge is 0.465 e. The lowest BCUT2D eigenvalue weighted by Crippen LogP contribution is -2.63. The maximum Gasteiger partial charge on any atom is 0.405 e. The van der Waals surface area contributed by atoms with Crippen LogP contribution in [0.3, 0.4) is 0 Å². The van der Waals surface area contributed by atoms with Crippen molar-refractivity contribution >= 4 is 45.2 Å². The van der Waals surface area contributed by atoms with Crippen molar-refractivity contribution in [3.05, 3.63) is 35.2 Å². The number of nitrogens with zero attached hydrogens (tertiary/aromatic N) is 2. The van der Waals surface area contributed by atoms with Crippen LogP contribution in [-0.2, 0) is 9.59 Å². The third kappa shape index (κ3) is 7.00. The van der Waals surface area contributed by atoms with Gasteiger partial charge in [-0.05, 0) is 42.2 Å². The highest BCUT2D eigenvalue weighted by Crippen LogP contribution is 2.26. The zero-order chi connectivity index (χ0) is 27.5. The molecule has 9 nitrogen and oxygen atoms in total. The van der Waals surface area contributed by atoms with Crippen LogP contribution in [0.4, 0.5) is 4.79 Å². The smallest absolute Gasteiger partial charge is 0.405 e. The minimum absolute atomic E-state index is 0.168. The molecule has 0 radical (unpaired) electrons. The fourth-order valence-corrected chi connectivity index (χ4v) is 5.62. The maximum atomic E-state index is 13.6. The van der Waals surface area contributed by atoms with Gasteiger partial charge in [0.25, 0.3) is 5.91 Å². The molecule has 4 amide bonds. The third-order valence-corrected chi connectivity index (χ3v) is 7.68. The van der Waals surface area contributed by atoms with E-state index < -0.39 is 23.6 Å². The Kier molecular flexibility index (Phi) is 8.84. The van der Waals surface area contributed by atoms with Crippen LogP contribution in [0.1, 0.15) is 57.6 Å². The van der Waals surface area contributed by atoms with Gasteiger partial charge in [0.15, 0.2) is 0 Å². The minimum Gasteiger partial charge on any atom is -0.465 e. The summed E-state index contributed by atoms with van der Waals surface area (Å²) in [7, 11) is 0. The van der Waals surface area contributed by atoms with Gasteiger partial charge in [-0.15, -0.1) is 11.3 Å². The van der Waals surface area contributed by atoms with Gasteiger partial charge in [0.05, 0.1) is 4.88 Å². The summed E-state index contributed by atoms with van der Waals surface area (Å²) in [6.45, 7) is 12.2. The summed E-state index contributed by atoms with van der Waals surface area (Å²) in [6.07, 6.45) is -0.753. The molecule has 0 saturated carbocycles. The lowest BCUT2D eigenvalue weighted by Gasteiger charge is -2.43. The zero-order valence-electron chi connectivity index (χ0n) is 22.4. The first-order valence-electron chi connectivity index (χ1n) is 12.7. The normalized spacial score (nSPS) is 18.0. The number of rotatable bonds is 7. The summed E-state index contributed by atoms with van der Waals surface area (Å²) in [4.78, 5) is 55.1. The molecule has 10 heteroatoms. The molecule has 1 aromatic heterocycles. The molecule has 37 heavy (non-hydrogen) atoms. The van der Waals surface area contributed by atoms with Gasteiger partial charge in [-0.1, -0.05) is 52.8 Å². The fourth-order valence-electron chi connectivity index (χ4n) is 4.66. The van der Waals surface area contributed by atoms with E-state index in [4.69, 9.17) is 0 Å². The van der Waals surface area contributed by atoms with Crippen LogP contribution in [0.2, 0.25) is 0 Å². The Morgan fingerprint density at radius 3 is 2.32 bits per heavy atom. The fraction of sp³-hybridized carbons (Fsp3) is 0.556. The van der Waals surface area contributed by atoms with E-state index in [1.807, 2.05) is 71.9 Å². The lowest BCUT2D eigenvalue weighted by molar-refractivity contribution is -0.146. The summed E-state index contributed by atoms with van der Waals surface area (Å²) in [5.41, 5.74) is -0.606. The zero-order valence-corrected chi connectivity index (χ0v) is 23.2. The van der Waals surface area contributed by atoms with Crippen molar-refractivity contribution in [3.63, 3.8) is 0 Å². The van der Waals surface area contributed by atoms with Gasteiger partial charge in [0.2, 0.25) is 11.8 Å². The maximum absolute atomic E-state index is 13.6. The number of fused-ring (bicyclic) bond motifs is 1. The predicted octanol–water partition coefficient (Wildman–Crippen LogP) is 3.79. The van der Waals surface area contributed by atoms with Gasteiger partial charge in [0.1, 0.15) is 12.1 Å². The quantitative estimate of drug-likeness (QED) is 0.503. The van der Waals surface area contributed by atoms with Crippen molar-refractivity contribution < 1.29 is 24.3 Å². The van der Waals surface area contributed by atoms with Crippen LogP contribution in [0.25, 0.3) is 10.1 Å². The van der Waals surface area contributed by atoms with Gasteiger partial charge in [-0.25, -0.2) is 4.79 Å². The highest BCUT2D eigenvalue weighted by Gasteiger charge is 2.40. The SMILES string of the molecule is CC(C)C[C@H](NC(=O)c1cc2ccccc2s1)C(=O)N1CCN(C(=O)C(NC(=O)O)C(C)(C)C)C[C@@H]1C. The standard InChI is InChI=1S/C27H38N4O5S/c1-16(2)13-19(28-23(32)21-14-18-9-7-8-10-20(18)37-21)24(33)31-12-11-30(15-17(31)3)25(34)22(27(4,5)6)29-26(35)36/h7-10,14,16-17,19,22,29H,11-13,15H2,1-6H3,(H,28,32)(H,35,36)/t17-,19-,22?/m0/s1. The summed E-state index contributed by atoms with van der Waals surface area (Å²) in [5.74, 6) is -0.552. The molecule has 3 N–H and O–H groups in total. The molecule has 1 aliphatic rings. The third-order valence-electron chi connectivity index (χ3n) is 6.56. The number of carbonyl (C=O) groups is 4. The Balaban J connectivity index is 1.71. The van der Waals surface area contributed by atoms with Crippen LogP contribution < -0.4 is 10.6 Å². The average molecular weight is 531 g/mol. The van der Waals surface area contributed by atoms with E-state index in [0.29, 0.717) is 24.4 Å². The topological polar surface area (TPSA) is 119 Å². The van der Waals surface area contributed by atoms with Crippen molar-refractivity contribution in [2.45, 2.75) is 66.1 Å². The first kappa shape index (κ1) is 28.4. The molecule has 1 unspecified atom stereocenters. The molecule has 1 aromatic carbocycles. The number of thiophene rings is 1. The number of amides is 4. The van der Waals surface area contributed by atoms with Gasteiger partial charge in [0, 0.05) is 30.4 Å². The number of carbonyl (C=O) groups excluding carboxylic acids is 3. The first-order valence-corrected chi connectivity index (χ1v) is 13.5. The van der Waals surface area contributed by atoms with E-state index in [2.05, 4.69) is 10.6 Å². The van der Waals surface area contributed by atoms with Gasteiger partial charge in [-0.3, -0.25) is 14.4 Å². The summed E-state index contributed by atoms with van der Waals surface area (Å²) >= 11 is 1.40. The molecule has 1 aliphatic heterocycles. The summed E-state index contributed by atoms with van der Waals surface area (Å²) in [5, 5.41) is 15.5. The van der Waals surface area contributed by atoms with Gasteiger partial charge in [-0.2, -0.15) is 0 Å².